The molecule has 0 radical (unpaired) electrons. The lowest BCUT2D eigenvalue weighted by Gasteiger charge is -2.10. The van der Waals surface area contributed by atoms with Crippen LogP contribution >= 0.6 is 11.6 Å². The number of rotatable bonds is 7. The summed E-state index contributed by atoms with van der Waals surface area (Å²) in [6, 6.07) is 9.96. The molecule has 0 aliphatic carbocycles. The maximum absolute atomic E-state index is 12.0. The Morgan fingerprint density at radius 3 is 2.57 bits per heavy atom. The zero-order chi connectivity index (χ0) is 16.9. The summed E-state index contributed by atoms with van der Waals surface area (Å²) in [7, 11) is -3.50. The van der Waals surface area contributed by atoms with Gasteiger partial charge in [-0.1, -0.05) is 29.8 Å². The van der Waals surface area contributed by atoms with E-state index in [1.807, 2.05) is 0 Å². The topological polar surface area (TPSA) is 114 Å². The number of pyridine rings is 1. The Kier molecular flexibility index (Phi) is 5.41. The smallest absolute Gasteiger partial charge is 0.250 e. The fourth-order valence-corrected chi connectivity index (χ4v) is 2.94. The van der Waals surface area contributed by atoms with Gasteiger partial charge < -0.3 is 11.1 Å². The summed E-state index contributed by atoms with van der Waals surface area (Å²) in [4.78, 5) is 14.9. The van der Waals surface area contributed by atoms with Crippen molar-refractivity contribution in [1.82, 2.24) is 4.98 Å². The van der Waals surface area contributed by atoms with Gasteiger partial charge in [-0.05, 0) is 18.2 Å². The number of nitrogens with two attached hydrogens (primary N) is 1. The quantitative estimate of drug-likeness (QED) is 0.700. The van der Waals surface area contributed by atoms with Crippen LogP contribution in [0, 0.1) is 0 Å². The summed E-state index contributed by atoms with van der Waals surface area (Å²) in [6.45, 7) is 0.102. The molecule has 122 valence electrons. The van der Waals surface area contributed by atoms with Crippen molar-refractivity contribution >= 4 is 39.0 Å². The number of aromatic nitrogens is 1. The summed E-state index contributed by atoms with van der Waals surface area (Å²) in [5, 5.41) is 3.00. The van der Waals surface area contributed by atoms with Crippen LogP contribution in [0.15, 0.2) is 42.6 Å². The average Bonchev–Trinajstić information content (AvgIpc) is 2.49. The third kappa shape index (κ3) is 5.11. The Balaban J connectivity index is 1.93. The number of hydrogen-bond donors (Lipinski definition) is 3. The maximum Gasteiger partial charge on any atom is 0.250 e. The lowest BCUT2D eigenvalue weighted by molar-refractivity contribution is 0.1000. The van der Waals surface area contributed by atoms with Crippen LogP contribution in [0.3, 0.4) is 0 Å². The van der Waals surface area contributed by atoms with Gasteiger partial charge in [0.05, 0.1) is 16.3 Å². The van der Waals surface area contributed by atoms with E-state index in [4.69, 9.17) is 17.3 Å². The lowest BCUT2D eigenvalue weighted by Crippen LogP contribution is -2.22. The zero-order valence-electron chi connectivity index (χ0n) is 12.0. The molecule has 2 aromatic rings. The molecule has 1 aromatic heterocycles. The lowest BCUT2D eigenvalue weighted by atomic mass is 10.3. The summed E-state index contributed by atoms with van der Waals surface area (Å²) in [6.07, 6.45) is 1.27. The van der Waals surface area contributed by atoms with Crippen molar-refractivity contribution < 1.29 is 13.2 Å². The van der Waals surface area contributed by atoms with E-state index in [0.29, 0.717) is 5.69 Å². The van der Waals surface area contributed by atoms with Crippen LogP contribution in [0.25, 0.3) is 0 Å². The number of halogens is 1. The summed E-state index contributed by atoms with van der Waals surface area (Å²) in [5.74, 6) is -0.524. The molecule has 0 atom stereocenters. The summed E-state index contributed by atoms with van der Waals surface area (Å²) < 4.78 is 26.4. The minimum absolute atomic E-state index is 0.102. The van der Waals surface area contributed by atoms with E-state index < -0.39 is 15.9 Å². The molecular formula is C14H15ClN4O3S. The van der Waals surface area contributed by atoms with Crippen molar-refractivity contribution in [2.45, 2.75) is 0 Å². The van der Waals surface area contributed by atoms with Crippen molar-refractivity contribution in [3.05, 3.63) is 53.2 Å². The Hall–Kier alpha value is -2.32. The molecule has 0 saturated carbocycles. The number of anilines is 2. The van der Waals surface area contributed by atoms with E-state index >= 15 is 0 Å². The number of nitrogens with one attached hydrogen (secondary N) is 2. The van der Waals surface area contributed by atoms with Crippen LogP contribution in [0.4, 0.5) is 11.5 Å². The second kappa shape index (κ2) is 7.30. The van der Waals surface area contributed by atoms with Gasteiger partial charge in [0.15, 0.2) is 0 Å². The van der Waals surface area contributed by atoms with E-state index in [0.717, 1.165) is 0 Å². The number of carbonyl (C=O) groups is 1. The van der Waals surface area contributed by atoms with Gasteiger partial charge in [-0.15, -0.1) is 0 Å². The molecule has 4 N–H and O–H groups in total. The SMILES string of the molecule is NC(=O)c1cnc(NCCS(=O)(=O)Nc2ccccc2)c(Cl)c1. The largest absolute Gasteiger partial charge is 0.368 e. The number of para-hydroxylation sites is 1. The normalized spacial score (nSPS) is 11.0. The third-order valence-electron chi connectivity index (χ3n) is 2.84. The summed E-state index contributed by atoms with van der Waals surface area (Å²) >= 11 is 5.96. The molecule has 0 aliphatic heterocycles. The highest BCUT2D eigenvalue weighted by Gasteiger charge is 2.11. The molecule has 0 saturated heterocycles. The van der Waals surface area contributed by atoms with E-state index in [2.05, 4.69) is 15.0 Å². The summed E-state index contributed by atoms with van der Waals surface area (Å²) in [5.41, 5.74) is 5.79. The predicted octanol–water partition coefficient (Wildman–Crippen LogP) is 1.69. The molecule has 0 aliphatic rings. The third-order valence-corrected chi connectivity index (χ3v) is 4.41. The first kappa shape index (κ1) is 17.0. The number of sulfonamides is 1. The van der Waals surface area contributed by atoms with Gasteiger partial charge in [-0.2, -0.15) is 0 Å². The number of amides is 1. The number of benzene rings is 1. The van der Waals surface area contributed by atoms with E-state index in [1.54, 1.807) is 30.3 Å². The van der Waals surface area contributed by atoms with Crippen LogP contribution in [-0.2, 0) is 10.0 Å². The van der Waals surface area contributed by atoms with Crippen LogP contribution in [0.2, 0.25) is 5.02 Å². The number of primary amides is 1. The van der Waals surface area contributed by atoms with Crippen LogP contribution < -0.4 is 15.8 Å². The van der Waals surface area contributed by atoms with Crippen molar-refractivity contribution in [2.75, 3.05) is 22.3 Å². The van der Waals surface area contributed by atoms with Gasteiger partial charge in [0.25, 0.3) is 0 Å². The molecule has 7 nitrogen and oxygen atoms in total. The van der Waals surface area contributed by atoms with E-state index in [-0.39, 0.29) is 28.7 Å². The number of carbonyl (C=O) groups excluding carboxylic acids is 1. The highest BCUT2D eigenvalue weighted by atomic mass is 35.5. The molecule has 0 fully saturated rings. The average molecular weight is 355 g/mol. The Labute approximate surface area is 138 Å². The fraction of sp³-hybridized carbons (Fsp3) is 0.143. The molecular weight excluding hydrogens is 340 g/mol. The van der Waals surface area contributed by atoms with Gasteiger partial charge in [-0.3, -0.25) is 9.52 Å². The molecule has 1 heterocycles. The molecule has 0 unspecified atom stereocenters. The number of hydrogen-bond acceptors (Lipinski definition) is 5. The van der Waals surface area contributed by atoms with Crippen molar-refractivity contribution in [1.29, 1.82) is 0 Å². The second-order valence-corrected chi connectivity index (χ2v) is 6.88. The predicted molar refractivity (Wildman–Crippen MR) is 90.1 cm³/mol. The minimum atomic E-state index is -3.50. The zero-order valence-corrected chi connectivity index (χ0v) is 13.6. The molecule has 1 aromatic carbocycles. The van der Waals surface area contributed by atoms with Crippen molar-refractivity contribution in [3.8, 4) is 0 Å². The fourth-order valence-electron chi connectivity index (χ4n) is 1.74. The first-order valence-electron chi connectivity index (χ1n) is 6.62. The minimum Gasteiger partial charge on any atom is -0.368 e. The van der Waals surface area contributed by atoms with Crippen LogP contribution in [-0.4, -0.2) is 31.6 Å². The molecule has 23 heavy (non-hydrogen) atoms. The Bertz CT molecular complexity index is 797. The standard InChI is InChI=1S/C14H15ClN4O3S/c15-12-8-10(13(16)20)9-18-14(12)17-6-7-23(21,22)19-11-4-2-1-3-5-11/h1-5,8-9,19H,6-7H2,(H2,16,20)(H,17,18). The maximum atomic E-state index is 12.0. The van der Waals surface area contributed by atoms with Gasteiger partial charge in [0.1, 0.15) is 5.82 Å². The monoisotopic (exact) mass is 354 g/mol. The van der Waals surface area contributed by atoms with Gasteiger partial charge in [0.2, 0.25) is 15.9 Å². The molecule has 9 heteroatoms. The molecule has 1 amide bonds. The highest BCUT2D eigenvalue weighted by Crippen LogP contribution is 2.19. The molecule has 0 bridgehead atoms. The second-order valence-electron chi connectivity index (χ2n) is 4.63. The Morgan fingerprint density at radius 2 is 1.96 bits per heavy atom. The first-order chi connectivity index (χ1) is 10.9. The van der Waals surface area contributed by atoms with E-state index in [9.17, 15) is 13.2 Å². The Morgan fingerprint density at radius 1 is 1.26 bits per heavy atom. The van der Waals surface area contributed by atoms with Gasteiger partial charge in [0, 0.05) is 18.4 Å². The first-order valence-corrected chi connectivity index (χ1v) is 8.65. The van der Waals surface area contributed by atoms with Crippen LogP contribution in [0.1, 0.15) is 10.4 Å². The van der Waals surface area contributed by atoms with Gasteiger partial charge >= 0.3 is 0 Å². The highest BCUT2D eigenvalue weighted by molar-refractivity contribution is 7.92. The van der Waals surface area contributed by atoms with E-state index in [1.165, 1.54) is 12.3 Å². The number of nitrogens with zero attached hydrogens (tertiary/aromatic N) is 1. The molecule has 2 rings (SSSR count). The van der Waals surface area contributed by atoms with Gasteiger partial charge in [-0.25, -0.2) is 13.4 Å². The van der Waals surface area contributed by atoms with Crippen LogP contribution in [0.5, 0.6) is 0 Å². The van der Waals surface area contributed by atoms with Crippen molar-refractivity contribution in [2.24, 2.45) is 5.73 Å². The van der Waals surface area contributed by atoms with Crippen molar-refractivity contribution in [3.63, 3.8) is 0 Å². The molecule has 0 spiro atoms.